The molecule has 0 radical (unpaired) electrons. The van der Waals surface area contributed by atoms with Gasteiger partial charge in [0, 0.05) is 31.6 Å². The molecule has 1 unspecified atom stereocenters. The van der Waals surface area contributed by atoms with Crippen molar-refractivity contribution in [3.8, 4) is 0 Å². The minimum atomic E-state index is 0.162. The smallest absolute Gasteiger partial charge is 0.191 e. The first-order chi connectivity index (χ1) is 12.7. The Morgan fingerprint density at radius 1 is 1.23 bits per heavy atom. The van der Waals surface area contributed by atoms with E-state index in [-0.39, 0.29) is 6.04 Å². The number of aliphatic imine (C=N–C) groups is 1. The van der Waals surface area contributed by atoms with Crippen molar-refractivity contribution in [2.24, 2.45) is 4.99 Å². The van der Waals surface area contributed by atoms with Gasteiger partial charge in [-0.25, -0.2) is 0 Å². The highest BCUT2D eigenvalue weighted by Crippen LogP contribution is 2.23. The fraction of sp³-hybridized carbons (Fsp3) is 0.526. The Labute approximate surface area is 159 Å². The van der Waals surface area contributed by atoms with Crippen molar-refractivity contribution < 1.29 is 9.15 Å². The summed E-state index contributed by atoms with van der Waals surface area (Å²) in [7, 11) is 1.80. The minimum absolute atomic E-state index is 0.162. The summed E-state index contributed by atoms with van der Waals surface area (Å²) in [4.78, 5) is 8.10. The number of guanidine groups is 1. The summed E-state index contributed by atoms with van der Waals surface area (Å²) in [5, 5.41) is 8.98. The summed E-state index contributed by atoms with van der Waals surface area (Å²) in [5.41, 5.74) is 1.32. The van der Waals surface area contributed by atoms with Crippen molar-refractivity contribution in [3.63, 3.8) is 0 Å². The molecule has 26 heavy (non-hydrogen) atoms. The second-order valence-corrected chi connectivity index (χ2v) is 7.45. The molecule has 0 aromatic carbocycles. The van der Waals surface area contributed by atoms with E-state index in [1.807, 2.05) is 13.0 Å². The summed E-state index contributed by atoms with van der Waals surface area (Å²) in [6.07, 6.45) is 0. The van der Waals surface area contributed by atoms with Gasteiger partial charge in [0.05, 0.1) is 25.8 Å². The maximum atomic E-state index is 5.92. The molecular weight excluding hydrogens is 348 g/mol. The third-order valence-electron chi connectivity index (χ3n) is 4.65. The van der Waals surface area contributed by atoms with Crippen LogP contribution in [0, 0.1) is 13.8 Å². The average Bonchev–Trinajstić information content (AvgIpc) is 3.27. The van der Waals surface area contributed by atoms with Crippen LogP contribution in [-0.4, -0.2) is 50.8 Å². The normalized spacial score (nSPS) is 17.3. The van der Waals surface area contributed by atoms with Crippen LogP contribution in [0.4, 0.5) is 0 Å². The number of nitrogens with one attached hydrogen (secondary N) is 2. The van der Waals surface area contributed by atoms with Crippen molar-refractivity contribution in [3.05, 3.63) is 45.5 Å². The third kappa shape index (κ3) is 4.87. The molecule has 3 heterocycles. The minimum Gasteiger partial charge on any atom is -0.465 e. The zero-order valence-electron chi connectivity index (χ0n) is 15.7. The van der Waals surface area contributed by atoms with Crippen LogP contribution in [0.2, 0.25) is 0 Å². The monoisotopic (exact) mass is 376 g/mol. The topological polar surface area (TPSA) is 62.0 Å². The third-order valence-corrected chi connectivity index (χ3v) is 5.67. The lowest BCUT2D eigenvalue weighted by molar-refractivity contribution is 0.0124. The van der Waals surface area contributed by atoms with Crippen LogP contribution in [0.15, 0.2) is 33.0 Å². The van der Waals surface area contributed by atoms with Gasteiger partial charge in [-0.2, -0.15) is 0 Å². The van der Waals surface area contributed by atoms with Gasteiger partial charge in [-0.05, 0) is 43.0 Å². The van der Waals surface area contributed by atoms with Gasteiger partial charge < -0.3 is 19.8 Å². The Hall–Kier alpha value is -1.83. The lowest BCUT2D eigenvalue weighted by Crippen LogP contribution is -2.46. The van der Waals surface area contributed by atoms with Crippen molar-refractivity contribution in [1.29, 1.82) is 0 Å². The summed E-state index contributed by atoms with van der Waals surface area (Å²) < 4.78 is 11.4. The quantitative estimate of drug-likeness (QED) is 0.600. The second-order valence-electron chi connectivity index (χ2n) is 6.45. The van der Waals surface area contributed by atoms with Crippen LogP contribution in [0.25, 0.3) is 0 Å². The number of aryl methyl sites for hydroxylation is 2. The number of hydrogen-bond acceptors (Lipinski definition) is 5. The first-order valence-electron chi connectivity index (χ1n) is 9.03. The largest absolute Gasteiger partial charge is 0.465 e. The fourth-order valence-electron chi connectivity index (χ4n) is 3.09. The van der Waals surface area contributed by atoms with Gasteiger partial charge in [0.25, 0.3) is 0 Å². The van der Waals surface area contributed by atoms with E-state index >= 15 is 0 Å². The van der Waals surface area contributed by atoms with Crippen molar-refractivity contribution >= 4 is 17.3 Å². The number of ether oxygens (including phenoxy) is 1. The molecule has 0 bridgehead atoms. The zero-order chi connectivity index (χ0) is 18.4. The van der Waals surface area contributed by atoms with Gasteiger partial charge in [0.1, 0.15) is 11.5 Å². The molecule has 1 aliphatic heterocycles. The molecule has 3 rings (SSSR count). The van der Waals surface area contributed by atoms with Crippen LogP contribution in [0.1, 0.15) is 28.0 Å². The van der Waals surface area contributed by atoms with Crippen molar-refractivity contribution in [2.75, 3.05) is 39.9 Å². The molecule has 2 N–H and O–H groups in total. The van der Waals surface area contributed by atoms with E-state index in [2.05, 4.69) is 45.0 Å². The van der Waals surface area contributed by atoms with Crippen LogP contribution in [0.3, 0.4) is 0 Å². The standard InChI is InChI=1S/C19H28N4O2S/c1-14-6-11-26-18(14)13-22-19(20-3)21-12-16(17-5-4-15(2)25-17)23-7-9-24-10-8-23/h4-6,11,16H,7-10,12-13H2,1-3H3,(H2,20,21,22). The van der Waals surface area contributed by atoms with E-state index in [4.69, 9.17) is 9.15 Å². The number of rotatable bonds is 6. The molecule has 1 aliphatic rings. The van der Waals surface area contributed by atoms with E-state index in [0.29, 0.717) is 0 Å². The molecular formula is C19H28N4O2S. The maximum absolute atomic E-state index is 5.92. The van der Waals surface area contributed by atoms with Crippen LogP contribution < -0.4 is 10.6 Å². The number of nitrogens with zero attached hydrogens (tertiary/aromatic N) is 2. The van der Waals surface area contributed by atoms with Crippen LogP contribution in [-0.2, 0) is 11.3 Å². The van der Waals surface area contributed by atoms with E-state index in [1.165, 1.54) is 10.4 Å². The molecule has 7 heteroatoms. The lowest BCUT2D eigenvalue weighted by Gasteiger charge is -2.33. The molecule has 1 atom stereocenters. The molecule has 6 nitrogen and oxygen atoms in total. The Balaban J connectivity index is 1.61. The number of hydrogen-bond donors (Lipinski definition) is 2. The highest BCUT2D eigenvalue weighted by molar-refractivity contribution is 7.10. The SMILES string of the molecule is CN=C(NCc1sccc1C)NCC(c1ccc(C)o1)N1CCOCC1. The Morgan fingerprint density at radius 2 is 2.04 bits per heavy atom. The number of morpholine rings is 1. The zero-order valence-corrected chi connectivity index (χ0v) is 16.6. The van der Waals surface area contributed by atoms with Gasteiger partial charge in [0.15, 0.2) is 5.96 Å². The molecule has 2 aromatic rings. The van der Waals surface area contributed by atoms with Crippen molar-refractivity contribution in [1.82, 2.24) is 15.5 Å². The molecule has 2 aromatic heterocycles. The summed E-state index contributed by atoms with van der Waals surface area (Å²) in [6.45, 7) is 8.98. The van der Waals surface area contributed by atoms with Crippen LogP contribution in [0.5, 0.6) is 0 Å². The van der Waals surface area contributed by atoms with Gasteiger partial charge in [-0.3, -0.25) is 9.89 Å². The predicted octanol–water partition coefficient (Wildman–Crippen LogP) is 2.70. The molecule has 0 spiro atoms. The number of thiophene rings is 1. The molecule has 0 aliphatic carbocycles. The molecule has 0 saturated carbocycles. The van der Waals surface area contributed by atoms with E-state index < -0.39 is 0 Å². The second kappa shape index (κ2) is 9.21. The molecule has 1 saturated heterocycles. The highest BCUT2D eigenvalue weighted by atomic mass is 32.1. The van der Waals surface area contributed by atoms with Crippen molar-refractivity contribution in [2.45, 2.75) is 26.4 Å². The highest BCUT2D eigenvalue weighted by Gasteiger charge is 2.25. The Kier molecular flexibility index (Phi) is 6.71. The fourth-order valence-corrected chi connectivity index (χ4v) is 3.94. The predicted molar refractivity (Wildman–Crippen MR) is 106 cm³/mol. The van der Waals surface area contributed by atoms with Gasteiger partial charge in [0.2, 0.25) is 0 Å². The summed E-state index contributed by atoms with van der Waals surface area (Å²) in [6, 6.07) is 6.40. The summed E-state index contributed by atoms with van der Waals surface area (Å²) in [5.74, 6) is 2.73. The van der Waals surface area contributed by atoms with Crippen LogP contribution >= 0.6 is 11.3 Å². The Bertz CT molecular complexity index is 719. The lowest BCUT2D eigenvalue weighted by atomic mass is 10.1. The first-order valence-corrected chi connectivity index (χ1v) is 9.91. The van der Waals surface area contributed by atoms with E-state index in [1.54, 1.807) is 18.4 Å². The van der Waals surface area contributed by atoms with E-state index in [0.717, 1.165) is 56.9 Å². The maximum Gasteiger partial charge on any atom is 0.191 e. The van der Waals surface area contributed by atoms with Gasteiger partial charge >= 0.3 is 0 Å². The molecule has 0 amide bonds. The average molecular weight is 377 g/mol. The first kappa shape index (κ1) is 18.9. The Morgan fingerprint density at radius 3 is 2.65 bits per heavy atom. The molecule has 142 valence electrons. The van der Waals surface area contributed by atoms with Gasteiger partial charge in [-0.1, -0.05) is 0 Å². The number of furan rings is 1. The van der Waals surface area contributed by atoms with E-state index in [9.17, 15) is 0 Å². The summed E-state index contributed by atoms with van der Waals surface area (Å²) >= 11 is 1.77. The van der Waals surface area contributed by atoms with Gasteiger partial charge in [-0.15, -0.1) is 11.3 Å². The molecule has 1 fully saturated rings.